The van der Waals surface area contributed by atoms with E-state index < -0.39 is 0 Å². The summed E-state index contributed by atoms with van der Waals surface area (Å²) in [5.41, 5.74) is 0.863. The van der Waals surface area contributed by atoms with Crippen molar-refractivity contribution in [2.45, 2.75) is 31.1 Å². The number of nitrogens with zero attached hydrogens (tertiary/aromatic N) is 1. The Labute approximate surface area is 128 Å². The van der Waals surface area contributed by atoms with Crippen molar-refractivity contribution in [3.8, 4) is 0 Å². The molecule has 1 aromatic rings. The first-order valence-corrected chi connectivity index (χ1v) is 8.15. The molecule has 1 heterocycles. The highest BCUT2D eigenvalue weighted by Gasteiger charge is 2.45. The Kier molecular flexibility index (Phi) is 4.13. The van der Waals surface area contributed by atoms with Crippen molar-refractivity contribution in [3.63, 3.8) is 0 Å². The van der Waals surface area contributed by atoms with Gasteiger partial charge in [-0.3, -0.25) is 4.79 Å². The fraction of sp³-hybridized carbons (Fsp3) is 0.562. The molecule has 0 unspecified atom stereocenters. The Hall–Kier alpha value is -0.870. The molecule has 108 valence electrons. The molecule has 3 rings (SSSR count). The topological polar surface area (TPSA) is 29.5 Å². The summed E-state index contributed by atoms with van der Waals surface area (Å²) >= 11 is 3.53. The second-order valence-corrected chi connectivity index (χ2v) is 6.62. The molecule has 1 aliphatic heterocycles. The van der Waals surface area contributed by atoms with E-state index >= 15 is 0 Å². The number of carbonyl (C=O) groups excluding carboxylic acids is 1. The Balaban J connectivity index is 1.93. The van der Waals surface area contributed by atoms with Crippen molar-refractivity contribution in [1.82, 2.24) is 4.90 Å². The summed E-state index contributed by atoms with van der Waals surface area (Å²) < 4.78 is 6.42. The molecule has 1 saturated carbocycles. The van der Waals surface area contributed by atoms with Gasteiger partial charge in [-0.15, -0.1) is 0 Å². The SMILES string of the molecule is O=C(N1CCOCC1)C1(c2cccc(Br)c2)CCCC1. The van der Waals surface area contributed by atoms with Gasteiger partial charge >= 0.3 is 0 Å². The molecule has 0 N–H and O–H groups in total. The lowest BCUT2D eigenvalue weighted by Crippen LogP contribution is -2.49. The first-order chi connectivity index (χ1) is 9.72. The van der Waals surface area contributed by atoms with Crippen LogP contribution in [0.2, 0.25) is 0 Å². The monoisotopic (exact) mass is 337 g/mol. The Morgan fingerprint density at radius 3 is 2.55 bits per heavy atom. The predicted octanol–water partition coefficient (Wildman–Crippen LogP) is 3.12. The summed E-state index contributed by atoms with van der Waals surface area (Å²) in [6, 6.07) is 8.27. The summed E-state index contributed by atoms with van der Waals surface area (Å²) in [5.74, 6) is 0.302. The number of hydrogen-bond acceptors (Lipinski definition) is 2. The highest BCUT2D eigenvalue weighted by molar-refractivity contribution is 9.10. The molecule has 2 fully saturated rings. The van der Waals surface area contributed by atoms with E-state index in [1.165, 1.54) is 5.56 Å². The molecular formula is C16H20BrNO2. The molecule has 0 spiro atoms. The van der Waals surface area contributed by atoms with Crippen LogP contribution in [0.5, 0.6) is 0 Å². The summed E-state index contributed by atoms with van der Waals surface area (Å²) in [6.07, 6.45) is 4.23. The molecular weight excluding hydrogens is 318 g/mol. The minimum Gasteiger partial charge on any atom is -0.378 e. The van der Waals surface area contributed by atoms with Crippen LogP contribution in [0.3, 0.4) is 0 Å². The fourth-order valence-corrected chi connectivity index (χ4v) is 3.86. The largest absolute Gasteiger partial charge is 0.378 e. The van der Waals surface area contributed by atoms with Crippen molar-refractivity contribution in [2.24, 2.45) is 0 Å². The van der Waals surface area contributed by atoms with Gasteiger partial charge in [-0.05, 0) is 30.5 Å². The number of carbonyl (C=O) groups is 1. The number of ether oxygens (including phenoxy) is 1. The normalized spacial score (nSPS) is 21.9. The van der Waals surface area contributed by atoms with Gasteiger partial charge in [0, 0.05) is 17.6 Å². The molecule has 1 saturated heterocycles. The predicted molar refractivity (Wildman–Crippen MR) is 81.7 cm³/mol. The van der Waals surface area contributed by atoms with E-state index in [4.69, 9.17) is 4.74 Å². The molecule has 0 radical (unpaired) electrons. The summed E-state index contributed by atoms with van der Waals surface area (Å²) in [6.45, 7) is 2.80. The van der Waals surface area contributed by atoms with Crippen LogP contribution in [0, 0.1) is 0 Å². The highest BCUT2D eigenvalue weighted by atomic mass is 79.9. The average molecular weight is 338 g/mol. The molecule has 1 aliphatic carbocycles. The van der Waals surface area contributed by atoms with Crippen LogP contribution in [0.1, 0.15) is 31.2 Å². The van der Waals surface area contributed by atoms with Crippen LogP contribution in [-0.4, -0.2) is 37.1 Å². The molecule has 3 nitrogen and oxygen atoms in total. The molecule has 4 heteroatoms. The maximum Gasteiger partial charge on any atom is 0.233 e. The van der Waals surface area contributed by atoms with Gasteiger partial charge in [0.05, 0.1) is 18.6 Å². The third kappa shape index (κ3) is 2.51. The number of hydrogen-bond donors (Lipinski definition) is 0. The summed E-state index contributed by atoms with van der Waals surface area (Å²) in [4.78, 5) is 15.1. The molecule has 0 atom stereocenters. The van der Waals surface area contributed by atoms with Crippen LogP contribution >= 0.6 is 15.9 Å². The molecule has 20 heavy (non-hydrogen) atoms. The van der Waals surface area contributed by atoms with Gasteiger partial charge < -0.3 is 9.64 Å². The number of rotatable bonds is 2. The Morgan fingerprint density at radius 2 is 1.90 bits per heavy atom. The van der Waals surface area contributed by atoms with Crippen molar-refractivity contribution in [2.75, 3.05) is 26.3 Å². The Morgan fingerprint density at radius 1 is 1.20 bits per heavy atom. The minimum absolute atomic E-state index is 0.302. The van der Waals surface area contributed by atoms with E-state index in [-0.39, 0.29) is 5.41 Å². The molecule has 1 aromatic carbocycles. The van der Waals surface area contributed by atoms with E-state index in [0.717, 1.165) is 43.2 Å². The zero-order chi connectivity index (χ0) is 14.0. The third-order valence-electron chi connectivity index (χ3n) is 4.54. The van der Waals surface area contributed by atoms with Crippen LogP contribution < -0.4 is 0 Å². The summed E-state index contributed by atoms with van der Waals surface area (Å²) in [7, 11) is 0. The first-order valence-electron chi connectivity index (χ1n) is 7.35. The number of amides is 1. The van der Waals surface area contributed by atoms with Crippen LogP contribution in [-0.2, 0) is 14.9 Å². The number of benzene rings is 1. The molecule has 1 amide bonds. The van der Waals surface area contributed by atoms with Crippen molar-refractivity contribution < 1.29 is 9.53 Å². The lowest BCUT2D eigenvalue weighted by molar-refractivity contribution is -0.141. The van der Waals surface area contributed by atoms with Gasteiger partial charge in [0.15, 0.2) is 0 Å². The van der Waals surface area contributed by atoms with E-state index in [0.29, 0.717) is 19.1 Å². The second kappa shape index (κ2) is 5.86. The number of morpholine rings is 1. The smallest absolute Gasteiger partial charge is 0.233 e. The maximum atomic E-state index is 13.1. The van der Waals surface area contributed by atoms with Crippen molar-refractivity contribution in [1.29, 1.82) is 0 Å². The van der Waals surface area contributed by atoms with Gasteiger partial charge in [0.25, 0.3) is 0 Å². The van der Waals surface area contributed by atoms with E-state index in [1.54, 1.807) is 0 Å². The van der Waals surface area contributed by atoms with Gasteiger partial charge in [-0.2, -0.15) is 0 Å². The van der Waals surface area contributed by atoms with E-state index in [9.17, 15) is 4.79 Å². The van der Waals surface area contributed by atoms with Crippen molar-refractivity contribution in [3.05, 3.63) is 34.3 Å². The van der Waals surface area contributed by atoms with Gasteiger partial charge in [-0.1, -0.05) is 40.9 Å². The standard InChI is InChI=1S/C16H20BrNO2/c17-14-5-3-4-13(12-14)16(6-1-2-7-16)15(19)18-8-10-20-11-9-18/h3-5,12H,1-2,6-11H2. The summed E-state index contributed by atoms with van der Waals surface area (Å²) in [5, 5.41) is 0. The zero-order valence-corrected chi connectivity index (χ0v) is 13.2. The first kappa shape index (κ1) is 14.1. The van der Waals surface area contributed by atoms with E-state index in [2.05, 4.69) is 28.1 Å². The van der Waals surface area contributed by atoms with E-state index in [1.807, 2.05) is 17.0 Å². The fourth-order valence-electron chi connectivity index (χ4n) is 3.46. The van der Waals surface area contributed by atoms with Crippen LogP contribution in [0.4, 0.5) is 0 Å². The van der Waals surface area contributed by atoms with Gasteiger partial charge in [0.1, 0.15) is 0 Å². The molecule has 2 aliphatic rings. The molecule has 0 aromatic heterocycles. The van der Waals surface area contributed by atoms with Crippen LogP contribution in [0.25, 0.3) is 0 Å². The van der Waals surface area contributed by atoms with Crippen molar-refractivity contribution >= 4 is 21.8 Å². The second-order valence-electron chi connectivity index (χ2n) is 5.70. The highest BCUT2D eigenvalue weighted by Crippen LogP contribution is 2.43. The Bertz CT molecular complexity index is 491. The lowest BCUT2D eigenvalue weighted by atomic mass is 9.77. The molecule has 0 bridgehead atoms. The average Bonchev–Trinajstić information content (AvgIpc) is 2.98. The lowest BCUT2D eigenvalue weighted by Gasteiger charge is -2.36. The quantitative estimate of drug-likeness (QED) is 0.829. The zero-order valence-electron chi connectivity index (χ0n) is 11.6. The minimum atomic E-state index is -0.304. The van der Waals surface area contributed by atoms with Gasteiger partial charge in [-0.25, -0.2) is 0 Å². The van der Waals surface area contributed by atoms with Crippen LogP contribution in [0.15, 0.2) is 28.7 Å². The van der Waals surface area contributed by atoms with Gasteiger partial charge in [0.2, 0.25) is 5.91 Å². The maximum absolute atomic E-state index is 13.1. The third-order valence-corrected chi connectivity index (χ3v) is 5.04. The number of halogens is 1.